The van der Waals surface area contributed by atoms with Crippen molar-refractivity contribution >= 4 is 27.3 Å². The number of benzene rings is 3. The van der Waals surface area contributed by atoms with E-state index in [2.05, 4.69) is 10.0 Å². The first-order valence-electron chi connectivity index (χ1n) is 12.2. The van der Waals surface area contributed by atoms with Crippen molar-refractivity contribution in [2.45, 2.75) is 56.7 Å². The largest absolute Gasteiger partial charge is 0.389 e. The summed E-state index contributed by atoms with van der Waals surface area (Å²) in [6.45, 7) is 7.99. The van der Waals surface area contributed by atoms with Gasteiger partial charge >= 0.3 is 0 Å². The smallest absolute Gasteiger partial charge is 0.258 e. The first kappa shape index (κ1) is 25.9. The fourth-order valence-electron chi connectivity index (χ4n) is 4.55. The summed E-state index contributed by atoms with van der Waals surface area (Å²) in [5.74, 6) is -0.206. The van der Waals surface area contributed by atoms with Crippen LogP contribution in [-0.4, -0.2) is 37.6 Å². The second kappa shape index (κ2) is 10.0. The fourth-order valence-corrected chi connectivity index (χ4v) is 5.77. The number of aliphatic hydroxyl groups is 1. The third kappa shape index (κ3) is 5.02. The summed E-state index contributed by atoms with van der Waals surface area (Å²) in [4.78, 5) is 15.2. The minimum Gasteiger partial charge on any atom is -0.389 e. The molecule has 3 N–H and O–H groups in total. The molecule has 36 heavy (non-hydrogen) atoms. The summed E-state index contributed by atoms with van der Waals surface area (Å²) in [6.07, 6.45) is -0.284. The van der Waals surface area contributed by atoms with E-state index in [1.807, 2.05) is 58.0 Å². The van der Waals surface area contributed by atoms with Crippen molar-refractivity contribution in [1.82, 2.24) is 4.72 Å². The van der Waals surface area contributed by atoms with E-state index in [0.717, 1.165) is 17.7 Å². The molecule has 3 aromatic rings. The summed E-state index contributed by atoms with van der Waals surface area (Å²) in [5, 5.41) is 14.5. The minimum absolute atomic E-state index is 0.123. The average molecular weight is 508 g/mol. The van der Waals surface area contributed by atoms with Crippen LogP contribution < -0.4 is 14.9 Å². The molecule has 0 unspecified atom stereocenters. The number of hydrogen-bond donors (Lipinski definition) is 3. The number of rotatable bonds is 7. The molecule has 0 saturated carbocycles. The predicted molar refractivity (Wildman–Crippen MR) is 143 cm³/mol. The van der Waals surface area contributed by atoms with Gasteiger partial charge in [-0.15, -0.1) is 0 Å². The second-order valence-electron chi connectivity index (χ2n) is 9.57. The monoisotopic (exact) mass is 507 g/mol. The quantitative estimate of drug-likeness (QED) is 0.437. The number of carbonyl (C=O) groups excluding carboxylic acids is 1. The molecule has 3 aromatic carbocycles. The van der Waals surface area contributed by atoms with Gasteiger partial charge in [-0.1, -0.05) is 37.3 Å². The maximum absolute atomic E-state index is 13.4. The van der Waals surface area contributed by atoms with Crippen LogP contribution in [0.1, 0.15) is 55.2 Å². The van der Waals surface area contributed by atoms with Crippen LogP contribution in [0.15, 0.2) is 77.7 Å². The van der Waals surface area contributed by atoms with Gasteiger partial charge in [0.15, 0.2) is 0 Å². The highest BCUT2D eigenvalue weighted by atomic mass is 32.2. The molecule has 0 aliphatic carbocycles. The van der Waals surface area contributed by atoms with E-state index in [9.17, 15) is 18.3 Å². The third-order valence-corrected chi connectivity index (χ3v) is 8.16. The molecule has 1 aliphatic rings. The summed E-state index contributed by atoms with van der Waals surface area (Å²) in [7, 11) is -3.94. The topological polar surface area (TPSA) is 98.7 Å². The first-order valence-corrected chi connectivity index (χ1v) is 13.6. The zero-order valence-electron chi connectivity index (χ0n) is 21.0. The highest BCUT2D eigenvalue weighted by Gasteiger charge is 2.43. The Balaban J connectivity index is 1.72. The number of para-hydroxylation sites is 1. The lowest BCUT2D eigenvalue weighted by Gasteiger charge is -2.43. The summed E-state index contributed by atoms with van der Waals surface area (Å²) >= 11 is 0. The van der Waals surface area contributed by atoms with Gasteiger partial charge in [0.2, 0.25) is 10.0 Å². The molecule has 1 amide bonds. The lowest BCUT2D eigenvalue weighted by molar-refractivity contribution is 0.0769. The molecule has 4 rings (SSSR count). The number of aryl methyl sites for hydroxylation is 1. The van der Waals surface area contributed by atoms with Crippen LogP contribution in [0.3, 0.4) is 0 Å². The molecule has 1 heterocycles. The molecule has 2 atom stereocenters. The lowest BCUT2D eigenvalue weighted by atomic mass is 9.82. The molecule has 0 saturated heterocycles. The van der Waals surface area contributed by atoms with Gasteiger partial charge in [0.25, 0.3) is 5.91 Å². The molecule has 1 aliphatic heterocycles. The summed E-state index contributed by atoms with van der Waals surface area (Å²) < 4.78 is 29.3. The maximum Gasteiger partial charge on any atom is 0.258 e. The highest BCUT2D eigenvalue weighted by Crippen LogP contribution is 2.39. The number of amides is 1. The Bertz CT molecular complexity index is 1340. The molecular weight excluding hydrogens is 474 g/mol. The number of nitrogens with one attached hydrogen (secondary N) is 2. The zero-order chi connectivity index (χ0) is 26.1. The van der Waals surface area contributed by atoms with Crippen molar-refractivity contribution in [3.05, 3.63) is 89.5 Å². The van der Waals surface area contributed by atoms with Crippen LogP contribution in [0.4, 0.5) is 11.4 Å². The summed E-state index contributed by atoms with van der Waals surface area (Å²) in [5.41, 5.74) is 2.59. The van der Waals surface area contributed by atoms with Crippen LogP contribution in [0.25, 0.3) is 0 Å². The van der Waals surface area contributed by atoms with Crippen molar-refractivity contribution in [2.24, 2.45) is 0 Å². The lowest BCUT2D eigenvalue weighted by Crippen LogP contribution is -2.54. The number of fused-ring (bicyclic) bond motifs is 1. The normalized spacial score (nSPS) is 18.7. The van der Waals surface area contributed by atoms with Gasteiger partial charge in [0.1, 0.15) is 0 Å². The van der Waals surface area contributed by atoms with Gasteiger partial charge in [-0.3, -0.25) is 4.79 Å². The second-order valence-corrected chi connectivity index (χ2v) is 11.3. The number of nitrogens with zero attached hydrogens (tertiary/aromatic N) is 1. The van der Waals surface area contributed by atoms with Gasteiger partial charge in [0.05, 0.1) is 22.6 Å². The molecule has 0 radical (unpaired) electrons. The molecule has 0 aromatic heterocycles. The number of hydrogen-bond acceptors (Lipinski definition) is 5. The van der Waals surface area contributed by atoms with Crippen LogP contribution >= 0.6 is 0 Å². The van der Waals surface area contributed by atoms with Crippen molar-refractivity contribution in [1.29, 1.82) is 0 Å². The third-order valence-electron chi connectivity index (χ3n) is 6.70. The Morgan fingerprint density at radius 2 is 1.69 bits per heavy atom. The Kier molecular flexibility index (Phi) is 7.22. The fraction of sp³-hybridized carbons (Fsp3) is 0.321. The van der Waals surface area contributed by atoms with E-state index in [1.54, 1.807) is 47.4 Å². The molecule has 0 spiro atoms. The van der Waals surface area contributed by atoms with Gasteiger partial charge in [-0.2, -0.15) is 0 Å². The predicted octanol–water partition coefficient (Wildman–Crippen LogP) is 4.50. The van der Waals surface area contributed by atoms with Gasteiger partial charge in [0, 0.05) is 23.5 Å². The molecule has 190 valence electrons. The molecular formula is C28H33N3O4S. The van der Waals surface area contributed by atoms with E-state index >= 15 is 0 Å². The van der Waals surface area contributed by atoms with E-state index in [1.165, 1.54) is 0 Å². The first-order chi connectivity index (χ1) is 17.1. The van der Waals surface area contributed by atoms with Crippen molar-refractivity contribution in [3.8, 4) is 0 Å². The Hall–Kier alpha value is -3.20. The van der Waals surface area contributed by atoms with Crippen LogP contribution in [-0.2, 0) is 16.4 Å². The van der Waals surface area contributed by atoms with Crippen molar-refractivity contribution in [3.63, 3.8) is 0 Å². The average Bonchev–Trinajstić information content (AvgIpc) is 2.87. The maximum atomic E-state index is 13.4. The number of aliphatic hydroxyl groups excluding tert-OH is 1. The standard InChI is InChI=1S/C28H33N3O4S/c1-5-19-12-15-22(16-13-19)36(34,35)30-25-23-18-20(14-17-24(23)29-28(3,4)26(25)32)27(33)31(6-2)21-10-8-7-9-11-21/h7-18,25-26,29-30,32H,5-6H2,1-4H3/t25-,26+/m1/s1. The van der Waals surface area contributed by atoms with Crippen molar-refractivity contribution < 1.29 is 18.3 Å². The number of anilines is 2. The summed E-state index contributed by atoms with van der Waals surface area (Å²) in [6, 6.07) is 20.3. The van der Waals surface area contributed by atoms with E-state index < -0.39 is 27.7 Å². The van der Waals surface area contributed by atoms with Gasteiger partial charge in [-0.25, -0.2) is 13.1 Å². The molecule has 8 heteroatoms. The SMILES string of the molecule is CCc1ccc(S(=O)(=O)N[C@@H]2c3cc(C(=O)N(CC)c4ccccc4)ccc3NC(C)(C)[C@H]2O)cc1. The van der Waals surface area contributed by atoms with Crippen LogP contribution in [0.2, 0.25) is 0 Å². The van der Waals surface area contributed by atoms with E-state index in [4.69, 9.17) is 0 Å². The van der Waals surface area contributed by atoms with Gasteiger partial charge < -0.3 is 15.3 Å². The Morgan fingerprint density at radius 3 is 2.31 bits per heavy atom. The van der Waals surface area contributed by atoms with Crippen LogP contribution in [0, 0.1) is 0 Å². The Labute approximate surface area is 213 Å². The highest BCUT2D eigenvalue weighted by molar-refractivity contribution is 7.89. The molecule has 0 bridgehead atoms. The number of carbonyl (C=O) groups is 1. The van der Waals surface area contributed by atoms with Crippen molar-refractivity contribution in [2.75, 3.05) is 16.8 Å². The molecule has 0 fully saturated rings. The number of sulfonamides is 1. The van der Waals surface area contributed by atoms with E-state index in [-0.39, 0.29) is 10.8 Å². The Morgan fingerprint density at radius 1 is 1.03 bits per heavy atom. The van der Waals surface area contributed by atoms with E-state index in [0.29, 0.717) is 23.4 Å². The molecule has 7 nitrogen and oxygen atoms in total. The minimum atomic E-state index is -3.94. The van der Waals surface area contributed by atoms with Gasteiger partial charge in [-0.05, 0) is 80.8 Å². The zero-order valence-corrected chi connectivity index (χ0v) is 21.8. The van der Waals surface area contributed by atoms with Crippen LogP contribution in [0.5, 0.6) is 0 Å².